The maximum Gasteiger partial charge on any atom is 0.573 e. The van der Waals surface area contributed by atoms with E-state index in [1.165, 1.54) is 16.4 Å². The maximum absolute atomic E-state index is 12.6. The Morgan fingerprint density at radius 1 is 1.35 bits per heavy atom. The topological polar surface area (TPSA) is 72.6 Å². The lowest BCUT2D eigenvalue weighted by atomic mass is 9.81. The van der Waals surface area contributed by atoms with Gasteiger partial charge in [-0.05, 0) is 24.0 Å². The van der Waals surface area contributed by atoms with Gasteiger partial charge in [0.1, 0.15) is 5.75 Å². The number of nitrogens with zero attached hydrogens (tertiary/aromatic N) is 1. The first-order valence-electron chi connectivity index (χ1n) is 7.03. The Balaban J connectivity index is 2.28. The molecular formula is C14H19F3N2O3S. The number of sulfonamides is 1. The van der Waals surface area contributed by atoms with Gasteiger partial charge in [0, 0.05) is 25.2 Å². The molecule has 0 amide bonds. The van der Waals surface area contributed by atoms with Crippen molar-refractivity contribution in [2.24, 2.45) is 11.1 Å². The molecule has 0 aliphatic carbocycles. The van der Waals surface area contributed by atoms with Crippen LogP contribution in [-0.4, -0.2) is 38.2 Å². The first-order valence-corrected chi connectivity index (χ1v) is 8.47. The molecular weight excluding hydrogens is 333 g/mol. The van der Waals surface area contributed by atoms with Crippen molar-refractivity contribution in [2.75, 3.05) is 13.1 Å². The summed E-state index contributed by atoms with van der Waals surface area (Å²) in [6.07, 6.45) is -4.38. The summed E-state index contributed by atoms with van der Waals surface area (Å²) in [5.74, 6) is -0.563. The second-order valence-electron chi connectivity index (χ2n) is 6.25. The van der Waals surface area contributed by atoms with E-state index < -0.39 is 27.6 Å². The molecule has 0 bridgehead atoms. The Kier molecular flexibility index (Phi) is 4.67. The number of hydrogen-bond acceptors (Lipinski definition) is 4. The Labute approximate surface area is 133 Å². The fourth-order valence-electron chi connectivity index (χ4n) is 2.51. The van der Waals surface area contributed by atoms with E-state index in [1.807, 2.05) is 13.8 Å². The van der Waals surface area contributed by atoms with Gasteiger partial charge in [-0.25, -0.2) is 8.42 Å². The van der Waals surface area contributed by atoms with Crippen LogP contribution in [0.2, 0.25) is 0 Å². The van der Waals surface area contributed by atoms with E-state index in [1.54, 1.807) is 0 Å². The van der Waals surface area contributed by atoms with E-state index >= 15 is 0 Å². The molecule has 9 heteroatoms. The zero-order valence-electron chi connectivity index (χ0n) is 12.8. The largest absolute Gasteiger partial charge is 0.573 e. The SMILES string of the molecule is CC1(C)CN(S(=O)(=O)c2cccc(OC(F)(F)F)c2)CCC1N. The number of halogens is 3. The van der Waals surface area contributed by atoms with Crippen molar-refractivity contribution in [3.63, 3.8) is 0 Å². The molecule has 1 unspecified atom stereocenters. The molecule has 0 aromatic heterocycles. The average Bonchev–Trinajstić information content (AvgIpc) is 2.40. The fraction of sp³-hybridized carbons (Fsp3) is 0.571. The summed E-state index contributed by atoms with van der Waals surface area (Å²) < 4.78 is 67.1. The molecule has 2 N–H and O–H groups in total. The second kappa shape index (κ2) is 5.95. The van der Waals surface area contributed by atoms with Crippen LogP contribution >= 0.6 is 0 Å². The molecule has 1 atom stereocenters. The van der Waals surface area contributed by atoms with Gasteiger partial charge >= 0.3 is 6.36 Å². The van der Waals surface area contributed by atoms with Gasteiger partial charge in [-0.2, -0.15) is 4.31 Å². The van der Waals surface area contributed by atoms with Crippen molar-refractivity contribution < 1.29 is 26.3 Å². The molecule has 0 radical (unpaired) electrons. The molecule has 2 rings (SSSR count). The van der Waals surface area contributed by atoms with Gasteiger partial charge in [-0.1, -0.05) is 19.9 Å². The van der Waals surface area contributed by atoms with Crippen LogP contribution in [0.25, 0.3) is 0 Å². The fourth-order valence-corrected chi connectivity index (χ4v) is 4.17. The molecule has 1 aliphatic heterocycles. The van der Waals surface area contributed by atoms with E-state index in [9.17, 15) is 21.6 Å². The number of ether oxygens (including phenoxy) is 1. The minimum Gasteiger partial charge on any atom is -0.406 e. The van der Waals surface area contributed by atoms with Crippen molar-refractivity contribution in [2.45, 2.75) is 37.6 Å². The third kappa shape index (κ3) is 4.15. The van der Waals surface area contributed by atoms with Gasteiger partial charge < -0.3 is 10.5 Å². The van der Waals surface area contributed by atoms with Gasteiger partial charge in [-0.15, -0.1) is 13.2 Å². The molecule has 1 heterocycles. The molecule has 0 spiro atoms. The first kappa shape index (κ1) is 18.0. The standard InChI is InChI=1S/C14H19F3N2O3S/c1-13(2)9-19(7-6-12(13)18)23(20,21)11-5-3-4-10(8-11)22-14(15,16)17/h3-5,8,12H,6-7,9,18H2,1-2H3. The Morgan fingerprint density at radius 3 is 2.57 bits per heavy atom. The zero-order valence-corrected chi connectivity index (χ0v) is 13.6. The summed E-state index contributed by atoms with van der Waals surface area (Å²) in [5, 5.41) is 0. The van der Waals surface area contributed by atoms with Crippen LogP contribution in [0, 0.1) is 5.41 Å². The van der Waals surface area contributed by atoms with Crippen LogP contribution in [0.5, 0.6) is 5.75 Å². The van der Waals surface area contributed by atoms with E-state index in [0.717, 1.165) is 12.1 Å². The first-order chi connectivity index (χ1) is 10.4. The van der Waals surface area contributed by atoms with Crippen molar-refractivity contribution >= 4 is 10.0 Å². The van der Waals surface area contributed by atoms with Crippen LogP contribution in [0.3, 0.4) is 0 Å². The highest BCUT2D eigenvalue weighted by Gasteiger charge is 2.39. The highest BCUT2D eigenvalue weighted by molar-refractivity contribution is 7.89. The minimum atomic E-state index is -4.87. The van der Waals surface area contributed by atoms with Gasteiger partial charge in [0.15, 0.2) is 0 Å². The van der Waals surface area contributed by atoms with Crippen molar-refractivity contribution in [3.05, 3.63) is 24.3 Å². The van der Waals surface area contributed by atoms with Gasteiger partial charge in [-0.3, -0.25) is 0 Å². The molecule has 1 aliphatic rings. The smallest absolute Gasteiger partial charge is 0.406 e. The third-order valence-corrected chi connectivity index (χ3v) is 5.80. The van der Waals surface area contributed by atoms with Gasteiger partial charge in [0.2, 0.25) is 10.0 Å². The summed E-state index contributed by atoms with van der Waals surface area (Å²) in [7, 11) is -3.90. The maximum atomic E-state index is 12.6. The summed E-state index contributed by atoms with van der Waals surface area (Å²) in [4.78, 5) is -0.231. The van der Waals surface area contributed by atoms with Crippen molar-refractivity contribution in [1.82, 2.24) is 4.31 Å². The molecule has 5 nitrogen and oxygen atoms in total. The van der Waals surface area contributed by atoms with Gasteiger partial charge in [0.25, 0.3) is 0 Å². The quantitative estimate of drug-likeness (QED) is 0.906. The van der Waals surface area contributed by atoms with E-state index in [-0.39, 0.29) is 24.0 Å². The summed E-state index contributed by atoms with van der Waals surface area (Å²) >= 11 is 0. The lowest BCUT2D eigenvalue weighted by Gasteiger charge is -2.41. The minimum absolute atomic E-state index is 0.131. The lowest BCUT2D eigenvalue weighted by Crippen LogP contribution is -2.53. The number of rotatable bonds is 3. The van der Waals surface area contributed by atoms with Gasteiger partial charge in [0.05, 0.1) is 4.90 Å². The predicted molar refractivity (Wildman–Crippen MR) is 78.3 cm³/mol. The Hall–Kier alpha value is -1.32. The highest BCUT2D eigenvalue weighted by atomic mass is 32.2. The van der Waals surface area contributed by atoms with E-state index in [4.69, 9.17) is 5.73 Å². The Bertz CT molecular complexity index is 674. The normalized spacial score (nSPS) is 22.8. The molecule has 130 valence electrons. The third-order valence-electron chi connectivity index (χ3n) is 3.95. The Morgan fingerprint density at radius 2 is 2.00 bits per heavy atom. The van der Waals surface area contributed by atoms with Crippen LogP contribution in [-0.2, 0) is 10.0 Å². The van der Waals surface area contributed by atoms with Crippen LogP contribution < -0.4 is 10.5 Å². The highest BCUT2D eigenvalue weighted by Crippen LogP contribution is 2.32. The number of piperidine rings is 1. The monoisotopic (exact) mass is 352 g/mol. The zero-order chi connectivity index (χ0) is 17.5. The lowest BCUT2D eigenvalue weighted by molar-refractivity contribution is -0.274. The number of benzene rings is 1. The van der Waals surface area contributed by atoms with Crippen molar-refractivity contribution in [1.29, 1.82) is 0 Å². The molecule has 1 saturated heterocycles. The van der Waals surface area contributed by atoms with E-state index in [0.29, 0.717) is 6.42 Å². The average molecular weight is 352 g/mol. The molecule has 23 heavy (non-hydrogen) atoms. The predicted octanol–water partition coefficient (Wildman–Crippen LogP) is 2.33. The molecule has 1 aromatic carbocycles. The molecule has 1 fully saturated rings. The second-order valence-corrected chi connectivity index (χ2v) is 8.18. The molecule has 1 aromatic rings. The van der Waals surface area contributed by atoms with E-state index in [2.05, 4.69) is 4.74 Å². The number of hydrogen-bond donors (Lipinski definition) is 1. The van der Waals surface area contributed by atoms with Crippen LogP contribution in [0.15, 0.2) is 29.2 Å². The van der Waals surface area contributed by atoms with Crippen LogP contribution in [0.1, 0.15) is 20.3 Å². The molecule has 0 saturated carbocycles. The number of nitrogens with two attached hydrogens (primary N) is 1. The summed E-state index contributed by atoms with van der Waals surface area (Å²) in [6, 6.07) is 4.27. The summed E-state index contributed by atoms with van der Waals surface area (Å²) in [5.41, 5.74) is 5.57. The summed E-state index contributed by atoms with van der Waals surface area (Å²) in [6.45, 7) is 4.17. The van der Waals surface area contributed by atoms with Crippen molar-refractivity contribution in [3.8, 4) is 5.75 Å². The van der Waals surface area contributed by atoms with Crippen LogP contribution in [0.4, 0.5) is 13.2 Å². The number of alkyl halides is 3.